The third-order valence-corrected chi connectivity index (χ3v) is 3.84. The Morgan fingerprint density at radius 3 is 2.73 bits per heavy atom. The monoisotopic (exact) mass is 223 g/mol. The molecule has 1 saturated carbocycles. The standard InChI is InChI=1S/C11H17N3S/c1-8-6-14(11(15)12-8)10-4-5-13(7-10)9-2-3-9/h6,9-10H,2-5,7H2,1H3,(H,12,15). The highest BCUT2D eigenvalue weighted by atomic mass is 32.1. The van der Waals surface area contributed by atoms with Gasteiger partial charge in [0.25, 0.3) is 0 Å². The van der Waals surface area contributed by atoms with Gasteiger partial charge in [-0.15, -0.1) is 0 Å². The van der Waals surface area contributed by atoms with Crippen molar-refractivity contribution in [1.29, 1.82) is 0 Å². The first kappa shape index (κ1) is 9.60. The minimum atomic E-state index is 0.600. The summed E-state index contributed by atoms with van der Waals surface area (Å²) < 4.78 is 3.13. The van der Waals surface area contributed by atoms with Crippen LogP contribution in [-0.2, 0) is 0 Å². The van der Waals surface area contributed by atoms with Crippen LogP contribution in [0.5, 0.6) is 0 Å². The average molecular weight is 223 g/mol. The molecule has 0 spiro atoms. The predicted molar refractivity (Wildman–Crippen MR) is 62.6 cm³/mol. The smallest absolute Gasteiger partial charge is 0.177 e. The van der Waals surface area contributed by atoms with E-state index in [1.165, 1.54) is 38.0 Å². The zero-order valence-electron chi connectivity index (χ0n) is 9.07. The normalized spacial score (nSPS) is 27.4. The summed E-state index contributed by atoms with van der Waals surface area (Å²) in [6, 6.07) is 1.49. The van der Waals surface area contributed by atoms with Gasteiger partial charge in [-0.2, -0.15) is 0 Å². The molecule has 1 aromatic rings. The van der Waals surface area contributed by atoms with Crippen LogP contribution in [0.4, 0.5) is 0 Å². The molecule has 1 N–H and O–H groups in total. The lowest BCUT2D eigenvalue weighted by molar-refractivity contribution is 0.313. The number of H-pyrrole nitrogens is 1. The van der Waals surface area contributed by atoms with Gasteiger partial charge in [-0.25, -0.2) is 0 Å². The van der Waals surface area contributed by atoms with Crippen molar-refractivity contribution in [1.82, 2.24) is 14.5 Å². The quantitative estimate of drug-likeness (QED) is 0.778. The molecule has 1 aliphatic heterocycles. The fourth-order valence-corrected chi connectivity index (χ4v) is 2.93. The summed E-state index contributed by atoms with van der Waals surface area (Å²) >= 11 is 5.32. The molecule has 3 rings (SSSR count). The molecule has 15 heavy (non-hydrogen) atoms. The van der Waals surface area contributed by atoms with Gasteiger partial charge in [-0.05, 0) is 38.4 Å². The summed E-state index contributed by atoms with van der Waals surface area (Å²) in [5.74, 6) is 0. The third-order valence-electron chi connectivity index (χ3n) is 3.52. The van der Waals surface area contributed by atoms with E-state index in [9.17, 15) is 0 Å². The lowest BCUT2D eigenvalue weighted by atomic mass is 10.2. The summed E-state index contributed by atoms with van der Waals surface area (Å²) in [6.07, 6.45) is 6.22. The molecule has 3 nitrogen and oxygen atoms in total. The van der Waals surface area contributed by atoms with Gasteiger partial charge in [0, 0.05) is 37.1 Å². The molecular weight excluding hydrogens is 206 g/mol. The lowest BCUT2D eigenvalue weighted by Crippen LogP contribution is -2.23. The molecule has 0 bridgehead atoms. The van der Waals surface area contributed by atoms with E-state index in [-0.39, 0.29) is 0 Å². The first-order valence-corrected chi connectivity index (χ1v) is 6.16. The Balaban J connectivity index is 1.78. The number of hydrogen-bond donors (Lipinski definition) is 1. The lowest BCUT2D eigenvalue weighted by Gasteiger charge is -2.15. The highest BCUT2D eigenvalue weighted by molar-refractivity contribution is 7.71. The van der Waals surface area contributed by atoms with Crippen molar-refractivity contribution in [2.75, 3.05) is 13.1 Å². The topological polar surface area (TPSA) is 24.0 Å². The minimum absolute atomic E-state index is 0.600. The molecule has 0 aromatic carbocycles. The number of nitrogens with one attached hydrogen (secondary N) is 1. The van der Waals surface area contributed by atoms with Crippen LogP contribution >= 0.6 is 12.2 Å². The number of hydrogen-bond acceptors (Lipinski definition) is 2. The van der Waals surface area contributed by atoms with Gasteiger partial charge in [0.2, 0.25) is 0 Å². The number of imidazole rings is 1. The van der Waals surface area contributed by atoms with Crippen LogP contribution in [0.2, 0.25) is 0 Å². The van der Waals surface area contributed by atoms with Crippen LogP contribution in [0.1, 0.15) is 31.0 Å². The van der Waals surface area contributed by atoms with Crippen molar-refractivity contribution in [3.05, 3.63) is 16.7 Å². The maximum atomic E-state index is 5.32. The molecule has 1 unspecified atom stereocenters. The van der Waals surface area contributed by atoms with Gasteiger partial charge < -0.3 is 9.55 Å². The number of aromatic amines is 1. The Morgan fingerprint density at radius 1 is 1.33 bits per heavy atom. The minimum Gasteiger partial charge on any atom is -0.335 e. The van der Waals surface area contributed by atoms with E-state index in [1.807, 2.05) is 0 Å². The summed E-state index contributed by atoms with van der Waals surface area (Å²) in [7, 11) is 0. The van der Waals surface area contributed by atoms with Gasteiger partial charge in [-0.1, -0.05) is 0 Å². The highest BCUT2D eigenvalue weighted by Crippen LogP contribution is 2.33. The predicted octanol–water partition coefficient (Wildman–Crippen LogP) is 2.26. The Bertz CT molecular complexity index is 416. The number of aryl methyl sites for hydroxylation is 1. The average Bonchev–Trinajstić information content (AvgIpc) is 2.83. The number of likely N-dealkylation sites (tertiary alicyclic amines) is 1. The van der Waals surface area contributed by atoms with Crippen LogP contribution in [0.25, 0.3) is 0 Å². The first-order valence-electron chi connectivity index (χ1n) is 5.76. The van der Waals surface area contributed by atoms with Crippen LogP contribution in [-0.4, -0.2) is 33.6 Å². The summed E-state index contributed by atoms with van der Waals surface area (Å²) in [5, 5.41) is 0. The van der Waals surface area contributed by atoms with E-state index in [4.69, 9.17) is 12.2 Å². The summed E-state index contributed by atoms with van der Waals surface area (Å²) in [6.45, 7) is 4.51. The molecule has 2 aliphatic rings. The molecule has 1 atom stereocenters. The Morgan fingerprint density at radius 2 is 2.13 bits per heavy atom. The van der Waals surface area contributed by atoms with E-state index in [2.05, 4.69) is 27.6 Å². The Labute approximate surface area is 95.1 Å². The molecule has 1 saturated heterocycles. The van der Waals surface area contributed by atoms with Gasteiger partial charge in [-0.3, -0.25) is 4.90 Å². The van der Waals surface area contributed by atoms with Crippen molar-refractivity contribution >= 4 is 12.2 Å². The molecule has 82 valence electrons. The van der Waals surface area contributed by atoms with E-state index in [0.29, 0.717) is 6.04 Å². The number of aromatic nitrogens is 2. The SMILES string of the molecule is Cc1cn(C2CCN(C3CC3)C2)c(=S)[nH]1. The molecule has 0 radical (unpaired) electrons. The van der Waals surface area contributed by atoms with Gasteiger partial charge in [0.1, 0.15) is 0 Å². The fourth-order valence-electron chi connectivity index (χ4n) is 2.57. The molecular formula is C11H17N3S. The van der Waals surface area contributed by atoms with Crippen molar-refractivity contribution in [3.63, 3.8) is 0 Å². The Hall–Kier alpha value is -0.610. The maximum Gasteiger partial charge on any atom is 0.177 e. The van der Waals surface area contributed by atoms with Crippen molar-refractivity contribution in [2.24, 2.45) is 0 Å². The van der Waals surface area contributed by atoms with Crippen molar-refractivity contribution in [2.45, 2.75) is 38.3 Å². The number of nitrogens with zero attached hydrogens (tertiary/aromatic N) is 2. The summed E-state index contributed by atoms with van der Waals surface area (Å²) in [5.41, 5.74) is 1.17. The molecule has 0 amide bonds. The van der Waals surface area contributed by atoms with Crippen molar-refractivity contribution in [3.8, 4) is 0 Å². The Kier molecular flexibility index (Phi) is 2.21. The van der Waals surface area contributed by atoms with Gasteiger partial charge >= 0.3 is 0 Å². The molecule has 1 aliphatic carbocycles. The van der Waals surface area contributed by atoms with Crippen molar-refractivity contribution < 1.29 is 0 Å². The van der Waals surface area contributed by atoms with E-state index in [1.54, 1.807) is 0 Å². The molecule has 4 heteroatoms. The first-order chi connectivity index (χ1) is 7.24. The van der Waals surface area contributed by atoms with E-state index < -0.39 is 0 Å². The van der Waals surface area contributed by atoms with Crippen LogP contribution < -0.4 is 0 Å². The fraction of sp³-hybridized carbons (Fsp3) is 0.727. The largest absolute Gasteiger partial charge is 0.335 e. The van der Waals surface area contributed by atoms with E-state index in [0.717, 1.165) is 10.8 Å². The van der Waals surface area contributed by atoms with Gasteiger partial charge in [0.05, 0.1) is 0 Å². The van der Waals surface area contributed by atoms with Crippen LogP contribution in [0.15, 0.2) is 6.20 Å². The molecule has 2 heterocycles. The zero-order valence-corrected chi connectivity index (χ0v) is 9.89. The summed E-state index contributed by atoms with van der Waals surface area (Å²) in [4.78, 5) is 5.82. The highest BCUT2D eigenvalue weighted by Gasteiger charge is 2.34. The zero-order chi connectivity index (χ0) is 10.4. The maximum absolute atomic E-state index is 5.32. The van der Waals surface area contributed by atoms with E-state index >= 15 is 0 Å². The molecule has 1 aromatic heterocycles. The number of rotatable bonds is 2. The van der Waals surface area contributed by atoms with Crippen LogP contribution in [0, 0.1) is 11.7 Å². The molecule has 2 fully saturated rings. The second-order valence-electron chi connectivity index (χ2n) is 4.82. The van der Waals surface area contributed by atoms with Gasteiger partial charge in [0.15, 0.2) is 4.77 Å². The second kappa shape index (κ2) is 3.46. The third kappa shape index (κ3) is 1.76. The van der Waals surface area contributed by atoms with Crippen LogP contribution in [0.3, 0.4) is 0 Å². The second-order valence-corrected chi connectivity index (χ2v) is 5.20.